The summed E-state index contributed by atoms with van der Waals surface area (Å²) in [5, 5.41) is 4.01. The van der Waals surface area contributed by atoms with E-state index in [1.165, 1.54) is 0 Å². The standard InChI is InChI=1S/C20H18N2O/c1-14-6-3-7-15(2)19(14)22-18(23)12-11-17-9-4-8-16-10-5-13-21-20(16)17/h3-13H,1-2H3,(H,22,23)/b12-11+. The summed E-state index contributed by atoms with van der Waals surface area (Å²) in [6.45, 7) is 3.97. The van der Waals surface area contributed by atoms with Crippen molar-refractivity contribution in [1.82, 2.24) is 4.98 Å². The maximum absolute atomic E-state index is 12.2. The monoisotopic (exact) mass is 302 g/mol. The van der Waals surface area contributed by atoms with Gasteiger partial charge in [0, 0.05) is 28.9 Å². The molecule has 1 aromatic heterocycles. The van der Waals surface area contributed by atoms with Crippen LogP contribution in [0.15, 0.2) is 60.8 Å². The predicted octanol–water partition coefficient (Wildman–Crippen LogP) is 4.50. The third-order valence-electron chi connectivity index (χ3n) is 3.81. The van der Waals surface area contributed by atoms with Crippen LogP contribution >= 0.6 is 0 Å². The highest BCUT2D eigenvalue weighted by atomic mass is 16.1. The van der Waals surface area contributed by atoms with Gasteiger partial charge in [-0.1, -0.05) is 42.5 Å². The summed E-state index contributed by atoms with van der Waals surface area (Å²) in [5.41, 5.74) is 4.81. The smallest absolute Gasteiger partial charge is 0.248 e. The molecular formula is C20H18N2O. The lowest BCUT2D eigenvalue weighted by Gasteiger charge is -2.09. The Morgan fingerprint density at radius 1 is 1.00 bits per heavy atom. The van der Waals surface area contributed by atoms with E-state index in [0.29, 0.717) is 0 Å². The first kappa shape index (κ1) is 15.0. The van der Waals surface area contributed by atoms with E-state index in [4.69, 9.17) is 0 Å². The van der Waals surface area contributed by atoms with Crippen molar-refractivity contribution in [2.75, 3.05) is 5.32 Å². The van der Waals surface area contributed by atoms with E-state index in [1.54, 1.807) is 18.3 Å². The molecule has 3 heteroatoms. The van der Waals surface area contributed by atoms with Gasteiger partial charge in [0.15, 0.2) is 0 Å². The van der Waals surface area contributed by atoms with E-state index in [0.717, 1.165) is 33.3 Å². The van der Waals surface area contributed by atoms with Gasteiger partial charge in [-0.05, 0) is 37.1 Å². The molecule has 0 unspecified atom stereocenters. The summed E-state index contributed by atoms with van der Waals surface area (Å²) < 4.78 is 0. The highest BCUT2D eigenvalue weighted by Gasteiger charge is 2.05. The summed E-state index contributed by atoms with van der Waals surface area (Å²) in [6, 6.07) is 15.8. The number of carbonyl (C=O) groups excluding carboxylic acids is 1. The maximum atomic E-state index is 12.2. The first-order chi connectivity index (χ1) is 11.1. The van der Waals surface area contributed by atoms with Crippen LogP contribution in [0.1, 0.15) is 16.7 Å². The van der Waals surface area contributed by atoms with E-state index >= 15 is 0 Å². The highest BCUT2D eigenvalue weighted by molar-refractivity contribution is 6.03. The molecule has 1 amide bonds. The second-order valence-electron chi connectivity index (χ2n) is 5.51. The normalized spacial score (nSPS) is 11.0. The van der Waals surface area contributed by atoms with E-state index in [2.05, 4.69) is 10.3 Å². The molecule has 0 saturated heterocycles. The second-order valence-corrected chi connectivity index (χ2v) is 5.51. The molecule has 0 atom stereocenters. The molecule has 0 spiro atoms. The molecule has 0 bridgehead atoms. The maximum Gasteiger partial charge on any atom is 0.248 e. The number of hydrogen-bond acceptors (Lipinski definition) is 2. The lowest BCUT2D eigenvalue weighted by Crippen LogP contribution is -2.10. The number of fused-ring (bicyclic) bond motifs is 1. The van der Waals surface area contributed by atoms with Crippen LogP contribution in [0.25, 0.3) is 17.0 Å². The van der Waals surface area contributed by atoms with Crippen molar-refractivity contribution in [3.05, 3.63) is 77.5 Å². The zero-order valence-corrected chi connectivity index (χ0v) is 13.2. The largest absolute Gasteiger partial charge is 0.322 e. The first-order valence-corrected chi connectivity index (χ1v) is 7.54. The Balaban J connectivity index is 1.83. The lowest BCUT2D eigenvalue weighted by molar-refractivity contribution is -0.111. The van der Waals surface area contributed by atoms with Gasteiger partial charge in [-0.2, -0.15) is 0 Å². The van der Waals surface area contributed by atoms with Gasteiger partial charge in [-0.25, -0.2) is 0 Å². The van der Waals surface area contributed by atoms with Gasteiger partial charge in [-0.15, -0.1) is 0 Å². The minimum absolute atomic E-state index is 0.143. The van der Waals surface area contributed by atoms with Gasteiger partial charge < -0.3 is 5.32 Å². The highest BCUT2D eigenvalue weighted by Crippen LogP contribution is 2.20. The third kappa shape index (κ3) is 3.29. The SMILES string of the molecule is Cc1cccc(C)c1NC(=O)/C=C/c1cccc2cccnc12. The Kier molecular flexibility index (Phi) is 4.20. The molecule has 114 valence electrons. The predicted molar refractivity (Wildman–Crippen MR) is 95.3 cm³/mol. The Labute approximate surface area is 135 Å². The van der Waals surface area contributed by atoms with Crippen LogP contribution in [0.3, 0.4) is 0 Å². The summed E-state index contributed by atoms with van der Waals surface area (Å²) in [4.78, 5) is 16.6. The Morgan fingerprint density at radius 3 is 2.48 bits per heavy atom. The molecule has 2 aromatic carbocycles. The minimum atomic E-state index is -0.143. The fourth-order valence-electron chi connectivity index (χ4n) is 2.60. The average Bonchev–Trinajstić information content (AvgIpc) is 2.56. The van der Waals surface area contributed by atoms with Crippen molar-refractivity contribution >= 4 is 28.6 Å². The molecule has 3 rings (SSSR count). The number of aromatic nitrogens is 1. The number of carbonyl (C=O) groups is 1. The van der Waals surface area contributed by atoms with Gasteiger partial charge in [0.1, 0.15) is 0 Å². The first-order valence-electron chi connectivity index (χ1n) is 7.54. The van der Waals surface area contributed by atoms with Crippen LogP contribution in [0.4, 0.5) is 5.69 Å². The van der Waals surface area contributed by atoms with Crippen molar-refractivity contribution in [3.8, 4) is 0 Å². The molecule has 23 heavy (non-hydrogen) atoms. The molecule has 1 N–H and O–H groups in total. The number of amides is 1. The second kappa shape index (κ2) is 6.44. The summed E-state index contributed by atoms with van der Waals surface area (Å²) in [7, 11) is 0. The molecular weight excluding hydrogens is 284 g/mol. The van der Waals surface area contributed by atoms with Crippen molar-refractivity contribution in [3.63, 3.8) is 0 Å². The quantitative estimate of drug-likeness (QED) is 0.724. The molecule has 0 fully saturated rings. The van der Waals surface area contributed by atoms with Crippen LogP contribution in [-0.2, 0) is 4.79 Å². The Hall–Kier alpha value is -2.94. The number of pyridine rings is 1. The van der Waals surface area contributed by atoms with Crippen molar-refractivity contribution in [1.29, 1.82) is 0 Å². The Bertz CT molecular complexity index is 872. The van der Waals surface area contributed by atoms with Crippen LogP contribution in [-0.4, -0.2) is 10.9 Å². The molecule has 1 heterocycles. The number of nitrogens with one attached hydrogen (secondary N) is 1. The Morgan fingerprint density at radius 2 is 1.70 bits per heavy atom. The zero-order valence-electron chi connectivity index (χ0n) is 13.2. The van der Waals surface area contributed by atoms with Crippen molar-refractivity contribution in [2.24, 2.45) is 0 Å². The summed E-state index contributed by atoms with van der Waals surface area (Å²) in [6.07, 6.45) is 5.12. The van der Waals surface area contributed by atoms with Gasteiger partial charge in [0.2, 0.25) is 5.91 Å². The third-order valence-corrected chi connectivity index (χ3v) is 3.81. The van der Waals surface area contributed by atoms with Crippen LogP contribution in [0.2, 0.25) is 0 Å². The molecule has 0 aliphatic rings. The van der Waals surface area contributed by atoms with Crippen molar-refractivity contribution < 1.29 is 4.79 Å². The lowest BCUT2D eigenvalue weighted by atomic mass is 10.1. The van der Waals surface area contributed by atoms with Crippen LogP contribution < -0.4 is 5.32 Å². The minimum Gasteiger partial charge on any atom is -0.322 e. The number of aryl methyl sites for hydroxylation is 2. The van der Waals surface area contributed by atoms with Gasteiger partial charge in [0.25, 0.3) is 0 Å². The fourth-order valence-corrected chi connectivity index (χ4v) is 2.60. The molecule has 0 aliphatic carbocycles. The molecule has 0 aliphatic heterocycles. The number of anilines is 1. The zero-order chi connectivity index (χ0) is 16.2. The van der Waals surface area contributed by atoms with E-state index < -0.39 is 0 Å². The van der Waals surface area contributed by atoms with Crippen LogP contribution in [0, 0.1) is 13.8 Å². The van der Waals surface area contributed by atoms with E-state index in [9.17, 15) is 4.79 Å². The average molecular weight is 302 g/mol. The van der Waals surface area contributed by atoms with E-state index in [-0.39, 0.29) is 5.91 Å². The summed E-state index contributed by atoms with van der Waals surface area (Å²) >= 11 is 0. The van der Waals surface area contributed by atoms with E-state index in [1.807, 2.05) is 62.4 Å². The molecule has 3 aromatic rings. The van der Waals surface area contributed by atoms with Gasteiger partial charge in [0.05, 0.1) is 5.52 Å². The molecule has 0 radical (unpaired) electrons. The molecule has 0 saturated carbocycles. The van der Waals surface area contributed by atoms with Crippen LogP contribution in [0.5, 0.6) is 0 Å². The van der Waals surface area contributed by atoms with Gasteiger partial charge in [-0.3, -0.25) is 9.78 Å². The number of hydrogen-bond donors (Lipinski definition) is 1. The van der Waals surface area contributed by atoms with Crippen molar-refractivity contribution in [2.45, 2.75) is 13.8 Å². The number of rotatable bonds is 3. The van der Waals surface area contributed by atoms with Gasteiger partial charge >= 0.3 is 0 Å². The summed E-state index contributed by atoms with van der Waals surface area (Å²) in [5.74, 6) is -0.143. The number of nitrogens with zero attached hydrogens (tertiary/aromatic N) is 1. The fraction of sp³-hybridized carbons (Fsp3) is 0.100. The molecule has 3 nitrogen and oxygen atoms in total. The number of para-hydroxylation sites is 2. The topological polar surface area (TPSA) is 42.0 Å². The number of benzene rings is 2.